The second kappa shape index (κ2) is 5.97. The molecule has 5 nitrogen and oxygen atoms in total. The highest BCUT2D eigenvalue weighted by Crippen LogP contribution is 2.33. The van der Waals surface area contributed by atoms with E-state index in [2.05, 4.69) is 9.88 Å². The van der Waals surface area contributed by atoms with Gasteiger partial charge in [0.2, 0.25) is 5.91 Å². The summed E-state index contributed by atoms with van der Waals surface area (Å²) in [7, 11) is 0. The average molecular weight is 293 g/mol. The van der Waals surface area contributed by atoms with Crippen molar-refractivity contribution in [2.45, 2.75) is 25.4 Å². The molecule has 2 saturated heterocycles. The van der Waals surface area contributed by atoms with Gasteiger partial charge in [-0.25, -0.2) is 9.37 Å². The molecule has 114 valence electrons. The molecule has 2 aliphatic heterocycles. The Kier molecular flexibility index (Phi) is 4.05. The van der Waals surface area contributed by atoms with Gasteiger partial charge in [-0.3, -0.25) is 4.79 Å². The van der Waals surface area contributed by atoms with Crippen LogP contribution in [0.5, 0.6) is 0 Å². The number of carbonyl (C=O) groups excluding carboxylic acids is 1. The van der Waals surface area contributed by atoms with E-state index in [1.54, 1.807) is 6.07 Å². The summed E-state index contributed by atoms with van der Waals surface area (Å²) >= 11 is 0. The van der Waals surface area contributed by atoms with Crippen LogP contribution in [-0.2, 0) is 9.53 Å². The van der Waals surface area contributed by atoms with Crippen LogP contribution in [0.1, 0.15) is 19.3 Å². The fraction of sp³-hybridized carbons (Fsp3) is 0.600. The molecule has 0 radical (unpaired) electrons. The lowest BCUT2D eigenvalue weighted by Gasteiger charge is -2.36. The largest absolute Gasteiger partial charge is 0.377 e. The van der Waals surface area contributed by atoms with Gasteiger partial charge in [0.25, 0.3) is 0 Å². The molecular formula is C15H20FN3O2. The summed E-state index contributed by atoms with van der Waals surface area (Å²) in [5, 5.41) is 0. The summed E-state index contributed by atoms with van der Waals surface area (Å²) in [6, 6.07) is 3.13. The summed E-state index contributed by atoms with van der Waals surface area (Å²) in [5.41, 5.74) is 5.45. The standard InChI is InChI=1S/C15H20FN3O2/c16-11-1-2-13(18-9-11)19-6-3-10(4-7-19)14-12(15(17)20)5-8-21-14/h1-2,9-10,12,14H,3-8H2,(H2,17,20)/t12-,14+/m0/s1. The maximum absolute atomic E-state index is 12.9. The Bertz CT molecular complexity index is 500. The number of rotatable bonds is 3. The summed E-state index contributed by atoms with van der Waals surface area (Å²) in [4.78, 5) is 17.7. The van der Waals surface area contributed by atoms with Crippen molar-refractivity contribution < 1.29 is 13.9 Å². The van der Waals surface area contributed by atoms with Crippen molar-refractivity contribution in [1.82, 2.24) is 4.98 Å². The minimum atomic E-state index is -0.322. The van der Waals surface area contributed by atoms with Crippen LogP contribution in [0.15, 0.2) is 18.3 Å². The van der Waals surface area contributed by atoms with E-state index in [4.69, 9.17) is 10.5 Å². The fourth-order valence-corrected chi connectivity index (χ4v) is 3.39. The van der Waals surface area contributed by atoms with Crippen molar-refractivity contribution in [2.24, 2.45) is 17.6 Å². The number of pyridine rings is 1. The highest BCUT2D eigenvalue weighted by Gasteiger charge is 2.39. The van der Waals surface area contributed by atoms with E-state index in [-0.39, 0.29) is 23.7 Å². The molecule has 2 aliphatic rings. The molecular weight excluding hydrogens is 273 g/mol. The highest BCUT2D eigenvalue weighted by atomic mass is 19.1. The molecule has 6 heteroatoms. The Balaban J connectivity index is 1.60. The van der Waals surface area contributed by atoms with Gasteiger partial charge in [-0.1, -0.05) is 0 Å². The van der Waals surface area contributed by atoms with Crippen LogP contribution in [0.3, 0.4) is 0 Å². The molecule has 2 fully saturated rings. The maximum atomic E-state index is 12.9. The molecule has 1 aromatic rings. The van der Waals surface area contributed by atoms with Crippen molar-refractivity contribution >= 4 is 11.7 Å². The summed E-state index contributed by atoms with van der Waals surface area (Å²) < 4.78 is 18.6. The van der Waals surface area contributed by atoms with E-state index in [0.717, 1.165) is 38.2 Å². The number of ether oxygens (including phenoxy) is 1. The van der Waals surface area contributed by atoms with Crippen LogP contribution < -0.4 is 10.6 Å². The van der Waals surface area contributed by atoms with Crippen molar-refractivity contribution in [3.8, 4) is 0 Å². The van der Waals surface area contributed by atoms with Gasteiger partial charge in [-0.2, -0.15) is 0 Å². The van der Waals surface area contributed by atoms with Crippen molar-refractivity contribution in [3.05, 3.63) is 24.1 Å². The predicted molar refractivity (Wildman–Crippen MR) is 76.2 cm³/mol. The van der Waals surface area contributed by atoms with Crippen molar-refractivity contribution in [2.75, 3.05) is 24.6 Å². The Labute approximate surface area is 123 Å². The monoisotopic (exact) mass is 293 g/mol. The zero-order valence-corrected chi connectivity index (χ0v) is 11.9. The van der Waals surface area contributed by atoms with Crippen LogP contribution in [0, 0.1) is 17.7 Å². The van der Waals surface area contributed by atoms with E-state index in [1.807, 2.05) is 0 Å². The number of primary amides is 1. The molecule has 3 heterocycles. The molecule has 1 aromatic heterocycles. The number of piperidine rings is 1. The van der Waals surface area contributed by atoms with E-state index < -0.39 is 0 Å². The first-order valence-electron chi connectivity index (χ1n) is 7.42. The van der Waals surface area contributed by atoms with Gasteiger partial charge in [-0.05, 0) is 37.3 Å². The topological polar surface area (TPSA) is 68.5 Å². The summed E-state index contributed by atoms with van der Waals surface area (Å²) in [6.45, 7) is 2.31. The number of nitrogens with zero attached hydrogens (tertiary/aromatic N) is 2. The summed E-state index contributed by atoms with van der Waals surface area (Å²) in [5.74, 6) is 0.443. The summed E-state index contributed by atoms with van der Waals surface area (Å²) in [6.07, 6.45) is 3.82. The Morgan fingerprint density at radius 3 is 2.71 bits per heavy atom. The van der Waals surface area contributed by atoms with Gasteiger partial charge in [0.05, 0.1) is 18.2 Å². The van der Waals surface area contributed by atoms with Gasteiger partial charge in [0, 0.05) is 19.7 Å². The molecule has 0 aromatic carbocycles. The Morgan fingerprint density at radius 1 is 1.33 bits per heavy atom. The van der Waals surface area contributed by atoms with Crippen LogP contribution in [0.25, 0.3) is 0 Å². The van der Waals surface area contributed by atoms with Crippen LogP contribution in [0.2, 0.25) is 0 Å². The number of carbonyl (C=O) groups is 1. The molecule has 0 saturated carbocycles. The number of anilines is 1. The lowest BCUT2D eigenvalue weighted by atomic mass is 9.84. The van der Waals surface area contributed by atoms with Gasteiger partial charge in [-0.15, -0.1) is 0 Å². The average Bonchev–Trinajstić information content (AvgIpc) is 2.98. The van der Waals surface area contributed by atoms with Crippen molar-refractivity contribution in [3.63, 3.8) is 0 Å². The van der Waals surface area contributed by atoms with E-state index in [9.17, 15) is 9.18 Å². The molecule has 2 atom stereocenters. The normalized spacial score (nSPS) is 27.0. The smallest absolute Gasteiger partial charge is 0.223 e. The minimum Gasteiger partial charge on any atom is -0.377 e. The SMILES string of the molecule is NC(=O)[C@H]1CCO[C@@H]1C1CCN(c2ccc(F)cn2)CC1. The van der Waals surface area contributed by atoms with E-state index >= 15 is 0 Å². The third-order valence-electron chi connectivity index (χ3n) is 4.54. The molecule has 2 N–H and O–H groups in total. The lowest BCUT2D eigenvalue weighted by molar-refractivity contribution is -0.124. The number of halogens is 1. The second-order valence-electron chi connectivity index (χ2n) is 5.79. The number of aromatic nitrogens is 1. The molecule has 1 amide bonds. The van der Waals surface area contributed by atoms with E-state index in [0.29, 0.717) is 12.5 Å². The molecule has 3 rings (SSSR count). The number of hydrogen-bond acceptors (Lipinski definition) is 4. The molecule has 21 heavy (non-hydrogen) atoms. The molecule has 0 spiro atoms. The van der Waals surface area contributed by atoms with Gasteiger partial charge in [0.1, 0.15) is 11.6 Å². The second-order valence-corrected chi connectivity index (χ2v) is 5.79. The van der Waals surface area contributed by atoms with Gasteiger partial charge < -0.3 is 15.4 Å². The van der Waals surface area contributed by atoms with Gasteiger partial charge >= 0.3 is 0 Å². The predicted octanol–water partition coefficient (Wildman–Crippen LogP) is 1.33. The van der Waals surface area contributed by atoms with Crippen LogP contribution >= 0.6 is 0 Å². The number of amides is 1. The van der Waals surface area contributed by atoms with Crippen LogP contribution in [-0.4, -0.2) is 36.7 Å². The molecule has 0 aliphatic carbocycles. The third-order valence-corrected chi connectivity index (χ3v) is 4.54. The first kappa shape index (κ1) is 14.3. The zero-order chi connectivity index (χ0) is 14.8. The number of nitrogens with two attached hydrogens (primary N) is 1. The first-order valence-corrected chi connectivity index (χ1v) is 7.42. The minimum absolute atomic E-state index is 0.0363. The Hall–Kier alpha value is -1.69. The van der Waals surface area contributed by atoms with E-state index in [1.165, 1.54) is 12.3 Å². The lowest BCUT2D eigenvalue weighted by Crippen LogP contribution is -2.42. The first-order chi connectivity index (χ1) is 10.1. The maximum Gasteiger partial charge on any atom is 0.223 e. The van der Waals surface area contributed by atoms with Gasteiger partial charge in [0.15, 0.2) is 0 Å². The number of hydrogen-bond donors (Lipinski definition) is 1. The fourth-order valence-electron chi connectivity index (χ4n) is 3.39. The zero-order valence-electron chi connectivity index (χ0n) is 11.9. The quantitative estimate of drug-likeness (QED) is 0.913. The highest BCUT2D eigenvalue weighted by molar-refractivity contribution is 5.77. The van der Waals surface area contributed by atoms with Crippen LogP contribution in [0.4, 0.5) is 10.2 Å². The Morgan fingerprint density at radius 2 is 2.10 bits per heavy atom. The molecule has 0 bridgehead atoms. The van der Waals surface area contributed by atoms with Crippen molar-refractivity contribution in [1.29, 1.82) is 0 Å². The molecule has 0 unspecified atom stereocenters. The third kappa shape index (κ3) is 3.00.